The van der Waals surface area contributed by atoms with E-state index in [2.05, 4.69) is 0 Å². The van der Waals surface area contributed by atoms with Crippen molar-refractivity contribution < 1.29 is 22.0 Å². The summed E-state index contributed by atoms with van der Waals surface area (Å²) < 4.78 is 47.3. The minimum absolute atomic E-state index is 0.541. The predicted molar refractivity (Wildman–Crippen MR) is 50.4 cm³/mol. The zero-order valence-corrected chi connectivity index (χ0v) is 8.64. The Bertz CT molecular complexity index is 494. The first-order valence-electron chi connectivity index (χ1n) is 3.96. The number of halogens is 2. The molecule has 0 aliphatic rings. The zero-order valence-electron chi connectivity index (χ0n) is 7.83. The fourth-order valence-corrected chi connectivity index (χ4v) is 1.67. The third-order valence-corrected chi connectivity index (χ3v) is 2.43. The van der Waals surface area contributed by atoms with Gasteiger partial charge in [0, 0.05) is 6.26 Å². The van der Waals surface area contributed by atoms with Gasteiger partial charge in [-0.15, -0.1) is 0 Å². The van der Waals surface area contributed by atoms with Gasteiger partial charge >= 0.3 is 0 Å². The number of rotatable bonds is 3. The molecule has 0 spiro atoms. The second kappa shape index (κ2) is 4.06. The van der Waals surface area contributed by atoms with Crippen LogP contribution in [0.5, 0.6) is 0 Å². The highest BCUT2D eigenvalue weighted by Gasteiger charge is 2.18. The lowest BCUT2D eigenvalue weighted by Gasteiger charge is -2.01. The number of hydrogen-bond donors (Lipinski definition) is 0. The standard InChI is InChI=1S/C9H8F2O3S/c1-15(13,14)5-8(12)6-3-2-4-7(10)9(6)11/h2-4H,5H2,1H3. The molecule has 0 atom stereocenters. The van der Waals surface area contributed by atoms with Crippen LogP contribution in [0.3, 0.4) is 0 Å². The molecule has 3 nitrogen and oxygen atoms in total. The number of Topliss-reactive ketones (excluding diaryl/α,β-unsaturated/α-hetero) is 1. The van der Waals surface area contributed by atoms with Crippen molar-refractivity contribution in [2.75, 3.05) is 12.0 Å². The Labute approximate surface area is 85.6 Å². The summed E-state index contributed by atoms with van der Waals surface area (Å²) in [4.78, 5) is 11.2. The van der Waals surface area contributed by atoms with Gasteiger partial charge in [0.15, 0.2) is 27.3 Å². The maximum Gasteiger partial charge on any atom is 0.180 e. The number of ketones is 1. The normalized spacial score (nSPS) is 11.4. The molecule has 0 unspecified atom stereocenters. The first kappa shape index (κ1) is 11.8. The predicted octanol–water partition coefficient (Wildman–Crippen LogP) is 1.19. The van der Waals surface area contributed by atoms with Crippen LogP contribution in [0.2, 0.25) is 0 Å². The molecule has 0 aliphatic heterocycles. The van der Waals surface area contributed by atoms with Gasteiger partial charge in [0.05, 0.1) is 5.56 Å². The van der Waals surface area contributed by atoms with Gasteiger partial charge < -0.3 is 0 Å². The summed E-state index contributed by atoms with van der Waals surface area (Å²) in [7, 11) is -3.54. The van der Waals surface area contributed by atoms with E-state index in [0.29, 0.717) is 0 Å². The molecule has 15 heavy (non-hydrogen) atoms. The number of carbonyl (C=O) groups is 1. The third-order valence-electron chi connectivity index (χ3n) is 1.65. The summed E-state index contributed by atoms with van der Waals surface area (Å²) in [6.45, 7) is 0. The second-order valence-electron chi connectivity index (χ2n) is 3.09. The molecule has 0 aromatic heterocycles. The molecule has 0 radical (unpaired) electrons. The fraction of sp³-hybridized carbons (Fsp3) is 0.222. The molecule has 0 saturated carbocycles. The van der Waals surface area contributed by atoms with Gasteiger partial charge in [-0.3, -0.25) is 4.79 Å². The van der Waals surface area contributed by atoms with Crippen LogP contribution in [0.25, 0.3) is 0 Å². The molecule has 0 heterocycles. The molecule has 0 aliphatic carbocycles. The maximum absolute atomic E-state index is 13.0. The molecule has 0 amide bonds. The first-order chi connectivity index (χ1) is 6.81. The van der Waals surface area contributed by atoms with E-state index in [-0.39, 0.29) is 0 Å². The average molecular weight is 234 g/mol. The van der Waals surface area contributed by atoms with Crippen LogP contribution in [-0.4, -0.2) is 26.2 Å². The van der Waals surface area contributed by atoms with Crippen LogP contribution in [-0.2, 0) is 9.84 Å². The van der Waals surface area contributed by atoms with Crippen LogP contribution in [0.15, 0.2) is 18.2 Å². The summed E-state index contributed by atoms with van der Waals surface area (Å²) in [5, 5.41) is 0. The van der Waals surface area contributed by atoms with Crippen molar-refractivity contribution in [2.45, 2.75) is 0 Å². The number of carbonyl (C=O) groups excluding carboxylic acids is 1. The van der Waals surface area contributed by atoms with Gasteiger partial charge in [0.2, 0.25) is 0 Å². The molecular formula is C9H8F2O3S. The molecule has 0 bridgehead atoms. The van der Waals surface area contributed by atoms with Crippen LogP contribution in [0.4, 0.5) is 8.78 Å². The van der Waals surface area contributed by atoms with Crippen molar-refractivity contribution in [2.24, 2.45) is 0 Å². The van der Waals surface area contributed by atoms with E-state index in [0.717, 1.165) is 24.5 Å². The minimum atomic E-state index is -3.54. The lowest BCUT2D eigenvalue weighted by molar-refractivity contribution is 0.101. The van der Waals surface area contributed by atoms with Crippen LogP contribution in [0.1, 0.15) is 10.4 Å². The molecule has 0 N–H and O–H groups in total. The number of benzene rings is 1. The van der Waals surface area contributed by atoms with Crippen molar-refractivity contribution in [3.05, 3.63) is 35.4 Å². The maximum atomic E-state index is 13.0. The lowest BCUT2D eigenvalue weighted by Crippen LogP contribution is -2.16. The van der Waals surface area contributed by atoms with Crippen LogP contribution < -0.4 is 0 Å². The average Bonchev–Trinajstić information content (AvgIpc) is 2.06. The molecular weight excluding hydrogens is 226 g/mol. The highest BCUT2D eigenvalue weighted by molar-refractivity contribution is 7.91. The molecule has 0 saturated heterocycles. The van der Waals surface area contributed by atoms with E-state index in [1.54, 1.807) is 0 Å². The van der Waals surface area contributed by atoms with Crippen molar-refractivity contribution in [3.63, 3.8) is 0 Å². The van der Waals surface area contributed by atoms with Gasteiger partial charge in [-0.2, -0.15) is 0 Å². The Morgan fingerprint density at radius 3 is 2.47 bits per heavy atom. The van der Waals surface area contributed by atoms with Crippen molar-refractivity contribution in [1.29, 1.82) is 0 Å². The van der Waals surface area contributed by atoms with Crippen molar-refractivity contribution >= 4 is 15.6 Å². The van der Waals surface area contributed by atoms with E-state index < -0.39 is 38.6 Å². The van der Waals surface area contributed by atoms with Crippen LogP contribution >= 0.6 is 0 Å². The summed E-state index contributed by atoms with van der Waals surface area (Å²) in [5.41, 5.74) is -0.541. The monoisotopic (exact) mass is 234 g/mol. The summed E-state index contributed by atoms with van der Waals surface area (Å²) >= 11 is 0. The van der Waals surface area contributed by atoms with Gasteiger partial charge in [0.25, 0.3) is 0 Å². The van der Waals surface area contributed by atoms with Gasteiger partial charge in [-0.25, -0.2) is 17.2 Å². The Morgan fingerprint density at radius 1 is 1.33 bits per heavy atom. The molecule has 6 heteroatoms. The van der Waals surface area contributed by atoms with E-state index in [1.165, 1.54) is 0 Å². The molecule has 82 valence electrons. The Hall–Kier alpha value is -1.30. The van der Waals surface area contributed by atoms with Crippen LogP contribution in [0, 0.1) is 11.6 Å². The first-order valence-corrected chi connectivity index (χ1v) is 6.02. The van der Waals surface area contributed by atoms with Crippen molar-refractivity contribution in [3.8, 4) is 0 Å². The fourth-order valence-electron chi connectivity index (χ4n) is 1.04. The topological polar surface area (TPSA) is 51.2 Å². The van der Waals surface area contributed by atoms with Crippen molar-refractivity contribution in [1.82, 2.24) is 0 Å². The summed E-state index contributed by atoms with van der Waals surface area (Å²) in [6.07, 6.45) is 0.849. The molecule has 1 rings (SSSR count). The third kappa shape index (κ3) is 3.09. The molecule has 1 aromatic carbocycles. The minimum Gasteiger partial charge on any atom is -0.293 e. The van der Waals surface area contributed by atoms with E-state index >= 15 is 0 Å². The smallest absolute Gasteiger partial charge is 0.180 e. The summed E-state index contributed by atoms with van der Waals surface area (Å²) in [5.74, 6) is -4.26. The lowest BCUT2D eigenvalue weighted by atomic mass is 10.1. The summed E-state index contributed by atoms with van der Waals surface area (Å²) in [6, 6.07) is 3.05. The van der Waals surface area contributed by atoms with Gasteiger partial charge in [0.1, 0.15) is 5.75 Å². The zero-order chi connectivity index (χ0) is 11.6. The number of sulfone groups is 1. The number of hydrogen-bond acceptors (Lipinski definition) is 3. The van der Waals surface area contributed by atoms with E-state index in [4.69, 9.17) is 0 Å². The molecule has 1 aromatic rings. The SMILES string of the molecule is CS(=O)(=O)CC(=O)c1cccc(F)c1F. The largest absolute Gasteiger partial charge is 0.293 e. The second-order valence-corrected chi connectivity index (χ2v) is 5.23. The Kier molecular flexibility index (Phi) is 3.18. The molecule has 0 fully saturated rings. The van der Waals surface area contributed by atoms with E-state index in [9.17, 15) is 22.0 Å². The highest BCUT2D eigenvalue weighted by Crippen LogP contribution is 2.12. The Balaban J connectivity index is 3.08. The highest BCUT2D eigenvalue weighted by atomic mass is 32.2. The Morgan fingerprint density at radius 2 is 1.93 bits per heavy atom. The quantitative estimate of drug-likeness (QED) is 0.738. The van der Waals surface area contributed by atoms with Gasteiger partial charge in [-0.1, -0.05) is 6.07 Å². The van der Waals surface area contributed by atoms with Gasteiger partial charge in [-0.05, 0) is 12.1 Å². The van der Waals surface area contributed by atoms with E-state index in [1.807, 2.05) is 0 Å².